The number of nitrogens with two attached hydrogens (primary N) is 1. The molecule has 0 radical (unpaired) electrons. The summed E-state index contributed by atoms with van der Waals surface area (Å²) in [6.07, 6.45) is 1.78. The van der Waals surface area contributed by atoms with Crippen molar-refractivity contribution in [3.63, 3.8) is 0 Å². The summed E-state index contributed by atoms with van der Waals surface area (Å²) < 4.78 is 0. The second-order valence-corrected chi connectivity index (χ2v) is 6.79. The summed E-state index contributed by atoms with van der Waals surface area (Å²) in [6.45, 7) is 2.88. The molecule has 1 aromatic carbocycles. The first kappa shape index (κ1) is 17.8. The Bertz CT molecular complexity index is 1150. The molecule has 4 aromatic rings. The largest absolute Gasteiger partial charge is 0.382 e. The fraction of sp³-hybridized carbons (Fsp3) is 0.263. The monoisotopic (exact) mass is 378 g/mol. The molecule has 0 unspecified atom stereocenters. The van der Waals surface area contributed by atoms with E-state index in [-0.39, 0.29) is 6.03 Å². The van der Waals surface area contributed by atoms with E-state index in [0.717, 1.165) is 27.7 Å². The minimum absolute atomic E-state index is 0.0671. The molecule has 9 nitrogen and oxygen atoms in total. The summed E-state index contributed by atoms with van der Waals surface area (Å²) in [5.74, 6) is 1.02. The number of benzene rings is 1. The number of carbonyl (C=O) groups is 1. The number of imidazole rings is 1. The highest BCUT2D eigenvalue weighted by Gasteiger charge is 2.18. The molecule has 28 heavy (non-hydrogen) atoms. The molecule has 0 aliphatic rings. The van der Waals surface area contributed by atoms with E-state index < -0.39 is 0 Å². The van der Waals surface area contributed by atoms with Crippen LogP contribution in [0.1, 0.15) is 12.7 Å². The van der Waals surface area contributed by atoms with Crippen LogP contribution in [0.15, 0.2) is 30.5 Å². The molecule has 0 saturated carbocycles. The molecular formula is C19H22N8O. The van der Waals surface area contributed by atoms with Gasteiger partial charge in [0.25, 0.3) is 0 Å². The zero-order chi connectivity index (χ0) is 19.8. The number of anilines is 1. The van der Waals surface area contributed by atoms with Crippen molar-refractivity contribution in [3.05, 3.63) is 36.3 Å². The van der Waals surface area contributed by atoms with Crippen LogP contribution in [0.3, 0.4) is 0 Å². The van der Waals surface area contributed by atoms with Gasteiger partial charge in [0.05, 0.1) is 23.3 Å². The van der Waals surface area contributed by atoms with Crippen LogP contribution in [0.2, 0.25) is 0 Å². The van der Waals surface area contributed by atoms with Crippen molar-refractivity contribution < 1.29 is 4.79 Å². The maximum atomic E-state index is 12.3. The SMILES string of the molecule is CCN(Cc1nc2c(N)nc3cc(-c4cc[nH]n4)ccc3c2[nH]1)C(=O)N(C)C. The van der Waals surface area contributed by atoms with Gasteiger partial charge >= 0.3 is 6.03 Å². The van der Waals surface area contributed by atoms with E-state index in [2.05, 4.69) is 25.1 Å². The van der Waals surface area contributed by atoms with Gasteiger partial charge in [-0.25, -0.2) is 14.8 Å². The minimum Gasteiger partial charge on any atom is -0.382 e. The molecule has 3 aromatic heterocycles. The van der Waals surface area contributed by atoms with Crippen LogP contribution in [0.4, 0.5) is 10.6 Å². The summed E-state index contributed by atoms with van der Waals surface area (Å²) in [5.41, 5.74) is 10.2. The summed E-state index contributed by atoms with van der Waals surface area (Å²) in [6, 6.07) is 7.76. The average molecular weight is 378 g/mol. The Morgan fingerprint density at radius 2 is 2.04 bits per heavy atom. The third-order valence-electron chi connectivity index (χ3n) is 4.68. The molecule has 4 rings (SSSR count). The summed E-state index contributed by atoms with van der Waals surface area (Å²) in [7, 11) is 3.46. The highest BCUT2D eigenvalue weighted by Crippen LogP contribution is 2.29. The fourth-order valence-electron chi connectivity index (χ4n) is 3.25. The van der Waals surface area contributed by atoms with Crippen LogP contribution >= 0.6 is 0 Å². The van der Waals surface area contributed by atoms with Gasteiger partial charge in [-0.2, -0.15) is 5.10 Å². The summed E-state index contributed by atoms with van der Waals surface area (Å²) in [5, 5.41) is 7.94. The van der Waals surface area contributed by atoms with Gasteiger partial charge in [-0.05, 0) is 25.1 Å². The van der Waals surface area contributed by atoms with Gasteiger partial charge in [0.1, 0.15) is 11.3 Å². The standard InChI is InChI=1S/C19H22N8O/c1-4-27(19(28)26(2)3)10-15-23-16-12-6-5-11(13-7-8-21-25-13)9-14(12)22-18(20)17(16)24-15/h5-9H,4,10H2,1-3H3,(H2,20,22)(H,21,25)(H,23,24). The Hall–Kier alpha value is -3.62. The quantitative estimate of drug-likeness (QED) is 0.504. The number of hydrogen-bond donors (Lipinski definition) is 3. The van der Waals surface area contributed by atoms with Crippen molar-refractivity contribution in [1.82, 2.24) is 34.9 Å². The van der Waals surface area contributed by atoms with E-state index in [1.807, 2.05) is 31.2 Å². The molecule has 0 aliphatic carbocycles. The van der Waals surface area contributed by atoms with E-state index in [9.17, 15) is 4.79 Å². The number of carbonyl (C=O) groups excluding carboxylic acids is 1. The lowest BCUT2D eigenvalue weighted by Crippen LogP contribution is -2.38. The van der Waals surface area contributed by atoms with E-state index in [1.165, 1.54) is 0 Å². The van der Waals surface area contributed by atoms with Gasteiger partial charge in [-0.15, -0.1) is 0 Å². The number of nitrogens with one attached hydrogen (secondary N) is 2. The van der Waals surface area contributed by atoms with Crippen molar-refractivity contribution in [1.29, 1.82) is 0 Å². The lowest BCUT2D eigenvalue weighted by atomic mass is 10.1. The normalized spacial score (nSPS) is 11.2. The van der Waals surface area contributed by atoms with E-state index in [0.29, 0.717) is 30.2 Å². The Kier molecular flexibility index (Phi) is 4.34. The predicted molar refractivity (Wildman–Crippen MR) is 109 cm³/mol. The lowest BCUT2D eigenvalue weighted by molar-refractivity contribution is 0.170. The van der Waals surface area contributed by atoms with Gasteiger partial charge in [-0.1, -0.05) is 6.07 Å². The van der Waals surface area contributed by atoms with Gasteiger partial charge in [0.15, 0.2) is 5.82 Å². The maximum absolute atomic E-state index is 12.3. The van der Waals surface area contributed by atoms with Gasteiger partial charge in [0.2, 0.25) is 0 Å². The molecule has 144 valence electrons. The zero-order valence-electron chi connectivity index (χ0n) is 16.0. The minimum atomic E-state index is -0.0671. The first-order valence-electron chi connectivity index (χ1n) is 9.02. The maximum Gasteiger partial charge on any atom is 0.319 e. The Morgan fingerprint density at radius 3 is 2.71 bits per heavy atom. The van der Waals surface area contributed by atoms with Crippen LogP contribution in [0, 0.1) is 0 Å². The fourth-order valence-corrected chi connectivity index (χ4v) is 3.25. The number of H-pyrrole nitrogens is 2. The molecule has 3 heterocycles. The highest BCUT2D eigenvalue weighted by molar-refractivity contribution is 6.07. The van der Waals surface area contributed by atoms with Crippen molar-refractivity contribution in [2.75, 3.05) is 26.4 Å². The third kappa shape index (κ3) is 3.00. The van der Waals surface area contributed by atoms with Crippen molar-refractivity contribution in [2.24, 2.45) is 0 Å². The first-order valence-corrected chi connectivity index (χ1v) is 9.02. The van der Waals surface area contributed by atoms with E-state index in [1.54, 1.807) is 30.1 Å². The number of aromatic amines is 2. The number of aromatic nitrogens is 5. The highest BCUT2D eigenvalue weighted by atomic mass is 16.2. The average Bonchev–Trinajstić information content (AvgIpc) is 3.35. The molecule has 4 N–H and O–H groups in total. The second kappa shape index (κ2) is 6.84. The number of hydrogen-bond acceptors (Lipinski definition) is 5. The van der Waals surface area contributed by atoms with Crippen LogP contribution in [0.5, 0.6) is 0 Å². The number of pyridine rings is 1. The Labute approximate surface area is 161 Å². The Morgan fingerprint density at radius 1 is 1.21 bits per heavy atom. The van der Waals surface area contributed by atoms with Gasteiger partial charge < -0.3 is 20.5 Å². The van der Waals surface area contributed by atoms with E-state index in [4.69, 9.17) is 5.73 Å². The molecule has 9 heteroatoms. The number of fused-ring (bicyclic) bond motifs is 3. The van der Waals surface area contributed by atoms with Crippen LogP contribution in [-0.2, 0) is 6.54 Å². The summed E-state index contributed by atoms with van der Waals surface area (Å²) >= 11 is 0. The lowest BCUT2D eigenvalue weighted by Gasteiger charge is -2.23. The van der Waals surface area contributed by atoms with Crippen LogP contribution < -0.4 is 5.73 Å². The molecule has 0 bridgehead atoms. The number of amides is 2. The third-order valence-corrected chi connectivity index (χ3v) is 4.68. The topological polar surface area (TPSA) is 120 Å². The molecule has 0 spiro atoms. The number of nitrogens with zero attached hydrogens (tertiary/aromatic N) is 5. The van der Waals surface area contributed by atoms with Crippen LogP contribution in [-0.4, -0.2) is 61.6 Å². The first-order chi connectivity index (χ1) is 13.5. The van der Waals surface area contributed by atoms with Crippen molar-refractivity contribution in [3.8, 4) is 11.3 Å². The molecule has 0 aliphatic heterocycles. The molecule has 2 amide bonds. The Balaban J connectivity index is 1.77. The second-order valence-electron chi connectivity index (χ2n) is 6.79. The predicted octanol–water partition coefficient (Wildman–Crippen LogP) is 2.59. The number of urea groups is 1. The molecule has 0 atom stereocenters. The van der Waals surface area contributed by atoms with Crippen molar-refractivity contribution >= 4 is 33.8 Å². The smallest absolute Gasteiger partial charge is 0.319 e. The van der Waals surface area contributed by atoms with Gasteiger partial charge in [-0.3, -0.25) is 5.10 Å². The number of nitrogen functional groups attached to an aromatic ring is 1. The molecular weight excluding hydrogens is 356 g/mol. The van der Waals surface area contributed by atoms with Gasteiger partial charge in [0, 0.05) is 37.8 Å². The zero-order valence-corrected chi connectivity index (χ0v) is 16.0. The van der Waals surface area contributed by atoms with Crippen LogP contribution in [0.25, 0.3) is 33.2 Å². The van der Waals surface area contributed by atoms with E-state index >= 15 is 0 Å². The van der Waals surface area contributed by atoms with Crippen molar-refractivity contribution in [2.45, 2.75) is 13.5 Å². The number of rotatable bonds is 4. The molecule has 0 saturated heterocycles. The molecule has 0 fully saturated rings. The summed E-state index contributed by atoms with van der Waals surface area (Å²) in [4.78, 5) is 28.0.